The third-order valence-corrected chi connectivity index (χ3v) is 2.56. The highest BCUT2D eigenvalue weighted by Gasteiger charge is 2.30. The molecule has 0 bridgehead atoms. The standard InChI is InChI=1S/C9H18N2O3/c1-13-7-3-4-11(6-7)9(12)8(5-10)14-2/h7-8H,3-6,10H2,1-2H3. The summed E-state index contributed by atoms with van der Waals surface area (Å²) in [6, 6.07) is 0. The lowest BCUT2D eigenvalue weighted by atomic mass is 10.3. The van der Waals surface area contributed by atoms with E-state index >= 15 is 0 Å². The minimum atomic E-state index is -0.509. The van der Waals surface area contributed by atoms with E-state index in [0.29, 0.717) is 6.54 Å². The van der Waals surface area contributed by atoms with Crippen molar-refractivity contribution in [1.29, 1.82) is 0 Å². The summed E-state index contributed by atoms with van der Waals surface area (Å²) in [4.78, 5) is 13.5. The van der Waals surface area contributed by atoms with Crippen LogP contribution < -0.4 is 5.73 Å². The molecule has 0 aliphatic carbocycles. The normalized spacial score (nSPS) is 23.9. The fraction of sp³-hybridized carbons (Fsp3) is 0.889. The predicted octanol–water partition coefficient (Wildman–Crippen LogP) is -0.793. The van der Waals surface area contributed by atoms with Gasteiger partial charge in [-0.25, -0.2) is 0 Å². The summed E-state index contributed by atoms with van der Waals surface area (Å²) in [5.41, 5.74) is 5.42. The van der Waals surface area contributed by atoms with Crippen LogP contribution in [0.4, 0.5) is 0 Å². The van der Waals surface area contributed by atoms with E-state index in [1.165, 1.54) is 7.11 Å². The lowest BCUT2D eigenvalue weighted by Gasteiger charge is -2.21. The molecule has 1 rings (SSSR count). The first-order chi connectivity index (χ1) is 6.72. The maximum atomic E-state index is 11.7. The fourth-order valence-corrected chi connectivity index (χ4v) is 1.62. The number of carbonyl (C=O) groups excluding carboxylic acids is 1. The number of methoxy groups -OCH3 is 2. The highest BCUT2D eigenvalue weighted by molar-refractivity contribution is 5.81. The van der Waals surface area contributed by atoms with Crippen molar-refractivity contribution >= 4 is 5.91 Å². The van der Waals surface area contributed by atoms with Gasteiger partial charge in [0.05, 0.1) is 6.10 Å². The Balaban J connectivity index is 2.45. The molecule has 1 heterocycles. The number of carbonyl (C=O) groups is 1. The molecule has 1 aliphatic rings. The van der Waals surface area contributed by atoms with Gasteiger partial charge < -0.3 is 20.1 Å². The third kappa shape index (κ3) is 2.43. The molecule has 1 fully saturated rings. The van der Waals surface area contributed by atoms with Crippen LogP contribution >= 0.6 is 0 Å². The topological polar surface area (TPSA) is 64.8 Å². The Bertz CT molecular complexity index is 194. The molecule has 5 heteroatoms. The van der Waals surface area contributed by atoms with Crippen LogP contribution in [0.5, 0.6) is 0 Å². The van der Waals surface area contributed by atoms with E-state index in [1.54, 1.807) is 12.0 Å². The number of hydrogen-bond acceptors (Lipinski definition) is 4. The molecule has 1 aliphatic heterocycles. The smallest absolute Gasteiger partial charge is 0.253 e. The SMILES string of the molecule is COC1CCN(C(=O)C(CN)OC)C1. The van der Waals surface area contributed by atoms with Crippen LogP contribution in [-0.2, 0) is 14.3 Å². The van der Waals surface area contributed by atoms with Crippen molar-refractivity contribution in [3.05, 3.63) is 0 Å². The second kappa shape index (κ2) is 5.29. The first-order valence-corrected chi connectivity index (χ1v) is 4.77. The number of hydrogen-bond donors (Lipinski definition) is 1. The van der Waals surface area contributed by atoms with Gasteiger partial charge in [-0.2, -0.15) is 0 Å². The minimum Gasteiger partial charge on any atom is -0.380 e. The van der Waals surface area contributed by atoms with Crippen LogP contribution in [-0.4, -0.2) is 56.9 Å². The molecule has 0 saturated carbocycles. The van der Waals surface area contributed by atoms with Crippen molar-refractivity contribution in [2.75, 3.05) is 33.9 Å². The summed E-state index contributed by atoms with van der Waals surface area (Å²) in [7, 11) is 3.16. The lowest BCUT2D eigenvalue weighted by molar-refractivity contribution is -0.140. The second-order valence-electron chi connectivity index (χ2n) is 3.39. The largest absolute Gasteiger partial charge is 0.380 e. The van der Waals surface area contributed by atoms with E-state index in [4.69, 9.17) is 15.2 Å². The number of amides is 1. The monoisotopic (exact) mass is 202 g/mol. The number of nitrogens with two attached hydrogens (primary N) is 1. The van der Waals surface area contributed by atoms with Crippen LogP contribution in [0, 0.1) is 0 Å². The zero-order chi connectivity index (χ0) is 10.6. The van der Waals surface area contributed by atoms with E-state index in [0.717, 1.165) is 13.0 Å². The van der Waals surface area contributed by atoms with Gasteiger partial charge in [-0.15, -0.1) is 0 Å². The van der Waals surface area contributed by atoms with E-state index in [1.807, 2.05) is 0 Å². The van der Waals surface area contributed by atoms with Gasteiger partial charge in [-0.3, -0.25) is 4.79 Å². The van der Waals surface area contributed by atoms with Crippen molar-refractivity contribution in [1.82, 2.24) is 4.90 Å². The first-order valence-electron chi connectivity index (χ1n) is 4.77. The molecule has 0 aromatic heterocycles. The molecule has 0 spiro atoms. The number of nitrogens with zero attached hydrogens (tertiary/aromatic N) is 1. The number of likely N-dealkylation sites (tertiary alicyclic amines) is 1. The Morgan fingerprint density at radius 1 is 1.64 bits per heavy atom. The van der Waals surface area contributed by atoms with Gasteiger partial charge in [0.1, 0.15) is 6.10 Å². The second-order valence-corrected chi connectivity index (χ2v) is 3.39. The Morgan fingerprint density at radius 2 is 2.36 bits per heavy atom. The van der Waals surface area contributed by atoms with Gasteiger partial charge >= 0.3 is 0 Å². The predicted molar refractivity (Wildman–Crippen MR) is 51.8 cm³/mol. The van der Waals surface area contributed by atoms with E-state index < -0.39 is 6.10 Å². The molecule has 2 N–H and O–H groups in total. The molecule has 2 unspecified atom stereocenters. The van der Waals surface area contributed by atoms with Gasteiger partial charge in [0.25, 0.3) is 5.91 Å². The van der Waals surface area contributed by atoms with Gasteiger partial charge in [0.2, 0.25) is 0 Å². The molecular weight excluding hydrogens is 184 g/mol. The Labute approximate surface area is 84.1 Å². The maximum absolute atomic E-state index is 11.7. The van der Waals surface area contributed by atoms with Gasteiger partial charge in [-0.05, 0) is 6.42 Å². The molecule has 0 aromatic rings. The molecule has 0 aromatic carbocycles. The Kier molecular flexibility index (Phi) is 4.31. The maximum Gasteiger partial charge on any atom is 0.253 e. The third-order valence-electron chi connectivity index (χ3n) is 2.56. The molecule has 14 heavy (non-hydrogen) atoms. The van der Waals surface area contributed by atoms with Crippen molar-refractivity contribution in [3.8, 4) is 0 Å². The zero-order valence-electron chi connectivity index (χ0n) is 8.73. The number of ether oxygens (including phenoxy) is 2. The first kappa shape index (κ1) is 11.4. The van der Waals surface area contributed by atoms with Crippen molar-refractivity contribution in [2.24, 2.45) is 5.73 Å². The summed E-state index contributed by atoms with van der Waals surface area (Å²) < 4.78 is 10.2. The van der Waals surface area contributed by atoms with Crippen LogP contribution in [0.25, 0.3) is 0 Å². The van der Waals surface area contributed by atoms with E-state index in [-0.39, 0.29) is 18.6 Å². The molecule has 1 saturated heterocycles. The average molecular weight is 202 g/mol. The molecule has 0 radical (unpaired) electrons. The van der Waals surface area contributed by atoms with Gasteiger partial charge in [-0.1, -0.05) is 0 Å². The summed E-state index contributed by atoms with van der Waals surface area (Å²) in [5.74, 6) is -0.0328. The van der Waals surface area contributed by atoms with Crippen LogP contribution in [0.3, 0.4) is 0 Å². The van der Waals surface area contributed by atoms with Crippen molar-refractivity contribution < 1.29 is 14.3 Å². The summed E-state index contributed by atoms with van der Waals surface area (Å²) in [5, 5.41) is 0. The minimum absolute atomic E-state index is 0.0328. The number of rotatable bonds is 4. The highest BCUT2D eigenvalue weighted by Crippen LogP contribution is 2.13. The molecule has 2 atom stereocenters. The fourth-order valence-electron chi connectivity index (χ4n) is 1.62. The van der Waals surface area contributed by atoms with Crippen LogP contribution in [0.2, 0.25) is 0 Å². The summed E-state index contributed by atoms with van der Waals surface area (Å²) in [6.45, 7) is 1.61. The summed E-state index contributed by atoms with van der Waals surface area (Å²) >= 11 is 0. The van der Waals surface area contributed by atoms with E-state index in [2.05, 4.69) is 0 Å². The van der Waals surface area contributed by atoms with Crippen LogP contribution in [0.15, 0.2) is 0 Å². The van der Waals surface area contributed by atoms with Crippen LogP contribution in [0.1, 0.15) is 6.42 Å². The van der Waals surface area contributed by atoms with E-state index in [9.17, 15) is 4.79 Å². The molecule has 1 amide bonds. The van der Waals surface area contributed by atoms with Crippen molar-refractivity contribution in [2.45, 2.75) is 18.6 Å². The average Bonchev–Trinajstić information content (AvgIpc) is 2.67. The lowest BCUT2D eigenvalue weighted by Crippen LogP contribution is -2.42. The van der Waals surface area contributed by atoms with Gasteiger partial charge in [0.15, 0.2) is 0 Å². The Morgan fingerprint density at radius 3 is 2.79 bits per heavy atom. The quantitative estimate of drug-likeness (QED) is 0.648. The molecule has 82 valence electrons. The molecule has 5 nitrogen and oxygen atoms in total. The van der Waals surface area contributed by atoms with Crippen molar-refractivity contribution in [3.63, 3.8) is 0 Å². The highest BCUT2D eigenvalue weighted by atomic mass is 16.5. The summed E-state index contributed by atoms with van der Waals surface area (Å²) in [6.07, 6.45) is 0.545. The Hall–Kier alpha value is -0.650. The molecular formula is C9H18N2O3. The zero-order valence-corrected chi connectivity index (χ0v) is 8.73. The van der Waals surface area contributed by atoms with Gasteiger partial charge in [0, 0.05) is 33.9 Å².